The van der Waals surface area contributed by atoms with Crippen molar-refractivity contribution in [3.63, 3.8) is 0 Å². The van der Waals surface area contributed by atoms with E-state index in [0.29, 0.717) is 12.1 Å². The van der Waals surface area contributed by atoms with E-state index in [1.54, 1.807) is 0 Å². The van der Waals surface area contributed by atoms with Crippen LogP contribution in [-0.4, -0.2) is 16.8 Å². The number of anilines is 1. The highest BCUT2D eigenvalue weighted by Gasteiger charge is 2.25. The van der Waals surface area contributed by atoms with E-state index in [1.807, 2.05) is 0 Å². The van der Waals surface area contributed by atoms with Gasteiger partial charge in [-0.1, -0.05) is 0 Å². The van der Waals surface area contributed by atoms with E-state index in [4.69, 9.17) is 16.0 Å². The zero-order chi connectivity index (χ0) is 15.9. The lowest BCUT2D eigenvalue weighted by Gasteiger charge is -2.10. The van der Waals surface area contributed by atoms with Gasteiger partial charge in [0.15, 0.2) is 5.83 Å². The number of nitrogens with two attached hydrogens (primary N) is 3. The summed E-state index contributed by atoms with van der Waals surface area (Å²) in [4.78, 5) is -2.06. The molecule has 0 aliphatic rings. The van der Waals surface area contributed by atoms with Gasteiger partial charge in [-0.05, 0) is 12.1 Å². The minimum Gasteiger partial charge on any atom is -0.398 e. The summed E-state index contributed by atoms with van der Waals surface area (Å²) in [6.07, 6.45) is -2.82. The van der Waals surface area contributed by atoms with Gasteiger partial charge in [0.1, 0.15) is 4.90 Å². The third kappa shape index (κ3) is 3.27. The van der Waals surface area contributed by atoms with E-state index >= 15 is 0 Å². The molecule has 0 aromatic heterocycles. The molecule has 20 heavy (non-hydrogen) atoms. The molecule has 0 atom stereocenters. The number of hydrogen-bond donors (Lipinski definition) is 3. The fraction of sp³-hybridized carbons (Fsp3) is 0. The predicted octanol–water partition coefficient (Wildman–Crippen LogP) is 0.0982. The van der Waals surface area contributed by atoms with Crippen LogP contribution in [0.3, 0.4) is 0 Å². The Morgan fingerprint density at radius 1 is 0.900 bits per heavy atom. The fourth-order valence-corrected chi connectivity index (χ4v) is 2.81. The molecular formula is C8H8F3N3O4S2. The molecule has 0 bridgehead atoms. The minimum absolute atomic E-state index is 0.317. The molecule has 12 heteroatoms. The standard InChI is InChI=1S/C8H8F3N3O4S2/c9-7(8(10)11)3-1-4(12)6(20(14,17)18)2-5(3)19(13,15)16/h1-2H,12H2,(H2,13,15,16)(H2,14,17,18). The van der Waals surface area contributed by atoms with Crippen molar-refractivity contribution in [2.24, 2.45) is 10.3 Å². The predicted molar refractivity (Wildman–Crippen MR) is 63.8 cm³/mol. The lowest BCUT2D eigenvalue weighted by atomic mass is 10.2. The number of primary sulfonamides is 2. The first kappa shape index (κ1) is 16.4. The van der Waals surface area contributed by atoms with Crippen LogP contribution in [0.25, 0.3) is 5.83 Å². The number of benzene rings is 1. The number of hydrogen-bond acceptors (Lipinski definition) is 5. The highest BCUT2D eigenvalue weighted by Crippen LogP contribution is 2.32. The molecule has 0 spiro atoms. The Morgan fingerprint density at radius 2 is 1.35 bits per heavy atom. The maximum Gasteiger partial charge on any atom is 0.306 e. The Labute approximate surface area is 112 Å². The Bertz CT molecular complexity index is 799. The lowest BCUT2D eigenvalue weighted by molar-refractivity contribution is 0.410. The van der Waals surface area contributed by atoms with Crippen LogP contribution in [0.1, 0.15) is 5.56 Å². The Kier molecular flexibility index (Phi) is 4.14. The highest BCUT2D eigenvalue weighted by atomic mass is 32.2. The first-order chi connectivity index (χ1) is 8.85. The van der Waals surface area contributed by atoms with Crippen LogP contribution in [0.5, 0.6) is 0 Å². The first-order valence-corrected chi connectivity index (χ1v) is 7.65. The van der Waals surface area contributed by atoms with Gasteiger partial charge in [-0.25, -0.2) is 31.5 Å². The topological polar surface area (TPSA) is 146 Å². The van der Waals surface area contributed by atoms with E-state index in [9.17, 15) is 30.0 Å². The number of rotatable bonds is 3. The molecule has 0 saturated heterocycles. The van der Waals surface area contributed by atoms with Gasteiger partial charge < -0.3 is 5.73 Å². The molecular weight excluding hydrogens is 323 g/mol. The quantitative estimate of drug-likeness (QED) is 0.672. The largest absolute Gasteiger partial charge is 0.398 e. The Morgan fingerprint density at radius 3 is 1.70 bits per heavy atom. The van der Waals surface area contributed by atoms with Crippen molar-refractivity contribution in [3.8, 4) is 0 Å². The summed E-state index contributed by atoms with van der Waals surface area (Å²) >= 11 is 0. The van der Waals surface area contributed by atoms with Crippen molar-refractivity contribution in [1.29, 1.82) is 0 Å². The second kappa shape index (κ2) is 5.05. The molecule has 0 amide bonds. The maximum atomic E-state index is 13.2. The molecule has 1 aromatic rings. The van der Waals surface area contributed by atoms with Crippen LogP contribution in [0, 0.1) is 0 Å². The van der Waals surface area contributed by atoms with Gasteiger partial charge in [0.05, 0.1) is 10.6 Å². The van der Waals surface area contributed by atoms with Crippen molar-refractivity contribution < 1.29 is 30.0 Å². The van der Waals surface area contributed by atoms with E-state index < -0.39 is 53.0 Å². The molecule has 6 N–H and O–H groups in total. The summed E-state index contributed by atoms with van der Waals surface area (Å²) in [5.74, 6) is -2.19. The first-order valence-electron chi connectivity index (χ1n) is 4.56. The van der Waals surface area contributed by atoms with Crippen molar-refractivity contribution >= 4 is 31.6 Å². The van der Waals surface area contributed by atoms with Gasteiger partial charge in [0.2, 0.25) is 20.0 Å². The van der Waals surface area contributed by atoms with Gasteiger partial charge >= 0.3 is 6.08 Å². The number of sulfonamides is 2. The molecule has 0 unspecified atom stereocenters. The normalized spacial score (nSPS) is 12.2. The second-order valence-corrected chi connectivity index (χ2v) is 6.61. The number of halogens is 3. The molecule has 0 fully saturated rings. The van der Waals surface area contributed by atoms with Gasteiger partial charge in [0, 0.05) is 5.56 Å². The zero-order valence-electron chi connectivity index (χ0n) is 9.47. The SMILES string of the molecule is Nc1cc(C(F)=C(F)F)c(S(N)(=O)=O)cc1S(N)(=O)=O. The van der Waals surface area contributed by atoms with Crippen molar-refractivity contribution in [2.45, 2.75) is 9.79 Å². The van der Waals surface area contributed by atoms with Gasteiger partial charge in [-0.2, -0.15) is 8.78 Å². The van der Waals surface area contributed by atoms with Crippen molar-refractivity contribution in [1.82, 2.24) is 0 Å². The highest BCUT2D eigenvalue weighted by molar-refractivity contribution is 7.90. The van der Waals surface area contributed by atoms with Gasteiger partial charge in [-0.3, -0.25) is 0 Å². The smallest absolute Gasteiger partial charge is 0.306 e. The third-order valence-electron chi connectivity index (χ3n) is 2.13. The van der Waals surface area contributed by atoms with E-state index in [-0.39, 0.29) is 0 Å². The van der Waals surface area contributed by atoms with Gasteiger partial charge in [0.25, 0.3) is 0 Å². The fourth-order valence-electron chi connectivity index (χ4n) is 1.33. The second-order valence-electron chi connectivity index (χ2n) is 3.55. The third-order valence-corrected chi connectivity index (χ3v) is 4.04. The molecule has 0 radical (unpaired) electrons. The van der Waals surface area contributed by atoms with Crippen LogP contribution >= 0.6 is 0 Å². The van der Waals surface area contributed by atoms with Gasteiger partial charge in [-0.15, -0.1) is 0 Å². The van der Waals surface area contributed by atoms with Crippen LogP contribution in [0.15, 0.2) is 28.0 Å². The molecule has 0 heterocycles. The van der Waals surface area contributed by atoms with E-state index in [2.05, 4.69) is 0 Å². The van der Waals surface area contributed by atoms with Crippen molar-refractivity contribution in [3.05, 3.63) is 23.8 Å². The zero-order valence-corrected chi connectivity index (χ0v) is 11.1. The minimum atomic E-state index is -4.69. The maximum absolute atomic E-state index is 13.2. The molecule has 0 aliphatic carbocycles. The molecule has 1 rings (SSSR count). The Balaban J connectivity index is 3.91. The van der Waals surface area contributed by atoms with Crippen LogP contribution < -0.4 is 16.0 Å². The van der Waals surface area contributed by atoms with Crippen LogP contribution in [-0.2, 0) is 20.0 Å². The molecule has 0 saturated carbocycles. The van der Waals surface area contributed by atoms with Crippen LogP contribution in [0.2, 0.25) is 0 Å². The summed E-state index contributed by atoms with van der Waals surface area (Å²) in [5, 5.41) is 9.48. The average molecular weight is 331 g/mol. The van der Waals surface area contributed by atoms with Crippen molar-refractivity contribution in [2.75, 3.05) is 5.73 Å². The molecule has 7 nitrogen and oxygen atoms in total. The lowest BCUT2D eigenvalue weighted by Crippen LogP contribution is -2.19. The van der Waals surface area contributed by atoms with E-state index in [0.717, 1.165) is 0 Å². The summed E-state index contributed by atoms with van der Waals surface area (Å²) in [7, 11) is -9.14. The molecule has 112 valence electrons. The molecule has 0 aliphatic heterocycles. The summed E-state index contributed by atoms with van der Waals surface area (Å²) in [6, 6.07) is 0.714. The Hall–Kier alpha value is -1.63. The summed E-state index contributed by atoms with van der Waals surface area (Å²) in [5.41, 5.74) is 3.37. The van der Waals surface area contributed by atoms with E-state index in [1.165, 1.54) is 0 Å². The molecule has 1 aromatic carbocycles. The summed E-state index contributed by atoms with van der Waals surface area (Å²) in [6.45, 7) is 0. The monoisotopic (exact) mass is 331 g/mol. The van der Waals surface area contributed by atoms with Crippen LogP contribution in [0.4, 0.5) is 18.9 Å². The number of nitrogen functional groups attached to an aromatic ring is 1. The average Bonchev–Trinajstić information content (AvgIpc) is 2.23. The summed E-state index contributed by atoms with van der Waals surface area (Å²) < 4.78 is 82.5.